The summed E-state index contributed by atoms with van der Waals surface area (Å²) in [6.07, 6.45) is 1.67. The van der Waals surface area contributed by atoms with E-state index in [1.165, 1.54) is 22.5 Å². The number of halogens is 2. The van der Waals surface area contributed by atoms with E-state index in [9.17, 15) is 13.2 Å². The van der Waals surface area contributed by atoms with Gasteiger partial charge in [0.25, 0.3) is 5.91 Å². The Balaban J connectivity index is 1.61. The molecule has 2 aromatic carbocycles. The van der Waals surface area contributed by atoms with Crippen molar-refractivity contribution in [2.24, 2.45) is 0 Å². The fourth-order valence-electron chi connectivity index (χ4n) is 4.04. The summed E-state index contributed by atoms with van der Waals surface area (Å²) >= 11 is 12.5. The van der Waals surface area contributed by atoms with Gasteiger partial charge in [0.15, 0.2) is 0 Å². The van der Waals surface area contributed by atoms with Gasteiger partial charge in [-0.3, -0.25) is 4.79 Å². The van der Waals surface area contributed by atoms with Gasteiger partial charge in [0.2, 0.25) is 10.0 Å². The molecule has 2 aromatic rings. The molecule has 10 heteroatoms. The number of carbonyl (C=O) groups is 1. The summed E-state index contributed by atoms with van der Waals surface area (Å²) in [5.74, 6) is -0.480. The number of hydrogen-bond donors (Lipinski definition) is 1. The standard InChI is InChI=1S/C22H26Cl2N4O3S/c1-26-10-12-27(13-11-26)21-7-4-16(23)14-20(21)25-22(29)18-15-17(5-6-19(18)24)32(30,31)28-8-2-3-9-28/h4-7,14-15H,2-3,8-13H2,1H3,(H,25,29). The lowest BCUT2D eigenvalue weighted by atomic mass is 10.1. The van der Waals surface area contributed by atoms with Crippen molar-refractivity contribution in [1.29, 1.82) is 0 Å². The number of benzene rings is 2. The molecule has 172 valence electrons. The number of nitrogens with one attached hydrogen (secondary N) is 1. The molecular formula is C22H26Cl2N4O3S. The van der Waals surface area contributed by atoms with Gasteiger partial charge < -0.3 is 15.1 Å². The van der Waals surface area contributed by atoms with Crippen molar-refractivity contribution < 1.29 is 13.2 Å². The van der Waals surface area contributed by atoms with Crippen LogP contribution in [0, 0.1) is 0 Å². The minimum Gasteiger partial charge on any atom is -0.367 e. The van der Waals surface area contributed by atoms with Crippen molar-refractivity contribution in [3.05, 3.63) is 52.0 Å². The number of carbonyl (C=O) groups excluding carboxylic acids is 1. The van der Waals surface area contributed by atoms with Gasteiger partial charge in [-0.2, -0.15) is 4.31 Å². The van der Waals surface area contributed by atoms with Crippen LogP contribution in [0.2, 0.25) is 10.0 Å². The molecule has 0 aliphatic carbocycles. The summed E-state index contributed by atoms with van der Waals surface area (Å²) in [6.45, 7) is 4.46. The van der Waals surface area contributed by atoms with E-state index in [1.807, 2.05) is 6.07 Å². The number of anilines is 2. The first-order valence-electron chi connectivity index (χ1n) is 10.6. The molecule has 0 bridgehead atoms. The molecule has 2 heterocycles. The Bertz CT molecular complexity index is 1110. The lowest BCUT2D eigenvalue weighted by Gasteiger charge is -2.35. The average molecular weight is 497 g/mol. The maximum atomic E-state index is 13.2. The second-order valence-corrected chi connectivity index (χ2v) is 10.9. The molecule has 2 aliphatic rings. The third-order valence-electron chi connectivity index (χ3n) is 5.94. The Morgan fingerprint density at radius 1 is 0.938 bits per heavy atom. The van der Waals surface area contributed by atoms with E-state index in [4.69, 9.17) is 23.2 Å². The largest absolute Gasteiger partial charge is 0.367 e. The SMILES string of the molecule is CN1CCN(c2ccc(Cl)cc2NC(=O)c2cc(S(=O)(=O)N3CCCC3)ccc2Cl)CC1. The first kappa shape index (κ1) is 23.3. The monoisotopic (exact) mass is 496 g/mol. The third kappa shape index (κ3) is 4.89. The number of piperazine rings is 1. The van der Waals surface area contributed by atoms with Crippen molar-refractivity contribution in [2.75, 3.05) is 56.5 Å². The Hall–Kier alpha value is -1.84. The first-order chi connectivity index (χ1) is 15.3. The maximum absolute atomic E-state index is 13.2. The van der Waals surface area contributed by atoms with Gasteiger partial charge in [0.1, 0.15) is 0 Å². The molecule has 7 nitrogen and oxygen atoms in total. The van der Waals surface area contributed by atoms with Gasteiger partial charge >= 0.3 is 0 Å². The zero-order chi connectivity index (χ0) is 22.9. The van der Waals surface area contributed by atoms with Gasteiger partial charge in [0, 0.05) is 44.3 Å². The normalized spacial score (nSPS) is 18.2. The molecule has 0 unspecified atom stereocenters. The highest BCUT2D eigenvalue weighted by molar-refractivity contribution is 7.89. The van der Waals surface area contributed by atoms with Gasteiger partial charge in [-0.05, 0) is 56.3 Å². The molecule has 0 radical (unpaired) electrons. The Labute approximate surface area is 198 Å². The smallest absolute Gasteiger partial charge is 0.257 e. The summed E-state index contributed by atoms with van der Waals surface area (Å²) in [6, 6.07) is 9.64. The number of rotatable bonds is 5. The molecule has 0 spiro atoms. The predicted molar refractivity (Wildman–Crippen MR) is 129 cm³/mol. The summed E-state index contributed by atoms with van der Waals surface area (Å²) in [7, 11) is -1.58. The van der Waals surface area contributed by atoms with Crippen LogP contribution in [0.5, 0.6) is 0 Å². The quantitative estimate of drug-likeness (QED) is 0.681. The highest BCUT2D eigenvalue weighted by atomic mass is 35.5. The van der Waals surface area contributed by atoms with E-state index in [1.54, 1.807) is 12.1 Å². The highest BCUT2D eigenvalue weighted by Crippen LogP contribution is 2.32. The number of amides is 1. The second kappa shape index (κ2) is 9.57. The van der Waals surface area contributed by atoms with Crippen molar-refractivity contribution in [3.8, 4) is 0 Å². The molecule has 1 amide bonds. The van der Waals surface area contributed by atoms with E-state index in [0.717, 1.165) is 44.7 Å². The van der Waals surface area contributed by atoms with Crippen LogP contribution in [0.25, 0.3) is 0 Å². The summed E-state index contributed by atoms with van der Waals surface area (Å²) < 4.78 is 27.3. The molecule has 1 N–H and O–H groups in total. The maximum Gasteiger partial charge on any atom is 0.257 e. The number of likely N-dealkylation sites (N-methyl/N-ethyl adjacent to an activating group) is 1. The molecule has 2 fully saturated rings. The van der Waals surface area contributed by atoms with Gasteiger partial charge in [-0.1, -0.05) is 23.2 Å². The molecule has 32 heavy (non-hydrogen) atoms. The minimum atomic E-state index is -3.66. The van der Waals surface area contributed by atoms with Crippen molar-refractivity contribution >= 4 is 50.5 Å². The third-order valence-corrected chi connectivity index (χ3v) is 8.40. The van der Waals surface area contributed by atoms with Crippen LogP contribution in [-0.4, -0.2) is 69.8 Å². The van der Waals surface area contributed by atoms with E-state index < -0.39 is 15.9 Å². The van der Waals surface area contributed by atoms with Gasteiger partial charge in [-0.15, -0.1) is 0 Å². The Kier molecular flexibility index (Phi) is 6.97. The second-order valence-electron chi connectivity index (χ2n) is 8.16. The number of hydrogen-bond acceptors (Lipinski definition) is 5. The lowest BCUT2D eigenvalue weighted by Crippen LogP contribution is -2.44. The molecule has 4 rings (SSSR count). The van der Waals surface area contributed by atoms with Crippen LogP contribution in [0.4, 0.5) is 11.4 Å². The lowest BCUT2D eigenvalue weighted by molar-refractivity contribution is 0.102. The van der Waals surface area contributed by atoms with Crippen molar-refractivity contribution in [2.45, 2.75) is 17.7 Å². The van der Waals surface area contributed by atoms with Crippen LogP contribution in [0.1, 0.15) is 23.2 Å². The molecule has 0 atom stereocenters. The van der Waals surface area contributed by atoms with E-state index in [-0.39, 0.29) is 15.5 Å². The Morgan fingerprint density at radius 2 is 1.62 bits per heavy atom. The topological polar surface area (TPSA) is 73.0 Å². The minimum absolute atomic E-state index is 0.0688. The fraction of sp³-hybridized carbons (Fsp3) is 0.409. The van der Waals surface area contributed by atoms with Crippen LogP contribution < -0.4 is 10.2 Å². The van der Waals surface area contributed by atoms with E-state index in [0.29, 0.717) is 23.8 Å². The van der Waals surface area contributed by atoms with Gasteiger partial charge in [-0.25, -0.2) is 8.42 Å². The highest BCUT2D eigenvalue weighted by Gasteiger charge is 2.28. The fourth-order valence-corrected chi connectivity index (χ4v) is 5.96. The summed E-state index contributed by atoms with van der Waals surface area (Å²) in [4.78, 5) is 17.7. The zero-order valence-electron chi connectivity index (χ0n) is 17.9. The Morgan fingerprint density at radius 3 is 2.31 bits per heavy atom. The van der Waals surface area contributed by atoms with Crippen molar-refractivity contribution in [3.63, 3.8) is 0 Å². The molecular weight excluding hydrogens is 471 g/mol. The number of sulfonamides is 1. The predicted octanol–water partition coefficient (Wildman–Crippen LogP) is 3.78. The molecule has 2 saturated heterocycles. The summed E-state index contributed by atoms with van der Waals surface area (Å²) in [5.41, 5.74) is 1.54. The molecule has 0 aromatic heterocycles. The van der Waals surface area contributed by atoms with E-state index in [2.05, 4.69) is 22.2 Å². The average Bonchev–Trinajstić information content (AvgIpc) is 3.31. The van der Waals surface area contributed by atoms with Crippen LogP contribution in [0.15, 0.2) is 41.3 Å². The number of nitrogens with zero attached hydrogens (tertiary/aromatic N) is 3. The summed E-state index contributed by atoms with van der Waals surface area (Å²) in [5, 5.41) is 3.57. The first-order valence-corrected chi connectivity index (χ1v) is 12.8. The van der Waals surface area contributed by atoms with Crippen LogP contribution in [0.3, 0.4) is 0 Å². The van der Waals surface area contributed by atoms with Crippen molar-refractivity contribution in [1.82, 2.24) is 9.21 Å². The zero-order valence-corrected chi connectivity index (χ0v) is 20.2. The molecule has 2 aliphatic heterocycles. The van der Waals surface area contributed by atoms with Gasteiger partial charge in [0.05, 0.1) is 26.9 Å². The van der Waals surface area contributed by atoms with Crippen LogP contribution >= 0.6 is 23.2 Å². The van der Waals surface area contributed by atoms with Crippen LogP contribution in [-0.2, 0) is 10.0 Å². The molecule has 0 saturated carbocycles. The van der Waals surface area contributed by atoms with E-state index >= 15 is 0 Å².